The molecule has 1 fully saturated rings. The molecule has 1 aliphatic rings. The van der Waals surface area contributed by atoms with Crippen molar-refractivity contribution >= 4 is 11.4 Å². The maximum Gasteiger partial charge on any atom is 0.0606 e. The lowest BCUT2D eigenvalue weighted by Gasteiger charge is -2.30. The number of likely N-dealkylation sites (N-methyl/N-ethyl adjacent to an activating group) is 1. The van der Waals surface area contributed by atoms with Crippen molar-refractivity contribution in [2.45, 2.75) is 52.0 Å². The molecule has 1 aromatic rings. The van der Waals surface area contributed by atoms with Gasteiger partial charge in [0.15, 0.2) is 0 Å². The zero-order chi connectivity index (χ0) is 15.1. The Morgan fingerprint density at radius 1 is 1.19 bits per heavy atom. The second-order valence-corrected chi connectivity index (χ2v) is 6.13. The Bertz CT molecular complexity index is 404. The zero-order valence-corrected chi connectivity index (χ0v) is 13.5. The van der Waals surface area contributed by atoms with Crippen LogP contribution in [0.4, 0.5) is 11.4 Å². The number of rotatable bonds is 7. The predicted molar refractivity (Wildman–Crippen MR) is 91.1 cm³/mol. The number of hydrogen-bond donors (Lipinski definition) is 2. The van der Waals surface area contributed by atoms with Crippen molar-refractivity contribution in [2.75, 3.05) is 29.9 Å². The van der Waals surface area contributed by atoms with Gasteiger partial charge in [0, 0.05) is 30.5 Å². The molecular formula is C18H30N2O. The third kappa shape index (κ3) is 4.63. The first-order valence-electron chi connectivity index (χ1n) is 8.49. The van der Waals surface area contributed by atoms with Crippen LogP contribution in [0.2, 0.25) is 0 Å². The van der Waals surface area contributed by atoms with E-state index in [9.17, 15) is 0 Å². The molecule has 0 bridgehead atoms. The standard InChI is InChI=1S/C18H30N2O/c1-3-15-6-5-7-17(14-15)19-16-8-10-18(11-9-16)20(4-2)12-13-21/h8-11,15,17,19,21H,3-7,12-14H2,1-2H3. The van der Waals surface area contributed by atoms with Gasteiger partial charge in [-0.2, -0.15) is 0 Å². The van der Waals surface area contributed by atoms with E-state index in [2.05, 4.69) is 48.3 Å². The van der Waals surface area contributed by atoms with Crippen molar-refractivity contribution in [3.63, 3.8) is 0 Å². The molecule has 21 heavy (non-hydrogen) atoms. The van der Waals surface area contributed by atoms with Gasteiger partial charge in [0.1, 0.15) is 0 Å². The maximum atomic E-state index is 9.09. The highest BCUT2D eigenvalue weighted by Gasteiger charge is 2.20. The van der Waals surface area contributed by atoms with E-state index in [4.69, 9.17) is 5.11 Å². The molecule has 3 heteroatoms. The first-order chi connectivity index (χ1) is 10.3. The summed E-state index contributed by atoms with van der Waals surface area (Å²) in [5, 5.41) is 12.8. The summed E-state index contributed by atoms with van der Waals surface area (Å²) in [6, 6.07) is 9.29. The average molecular weight is 290 g/mol. The normalized spacial score (nSPS) is 22.0. The molecule has 1 saturated carbocycles. The van der Waals surface area contributed by atoms with E-state index >= 15 is 0 Å². The van der Waals surface area contributed by atoms with Crippen molar-refractivity contribution in [1.29, 1.82) is 0 Å². The lowest BCUT2D eigenvalue weighted by Crippen LogP contribution is -2.27. The van der Waals surface area contributed by atoms with Gasteiger partial charge in [-0.1, -0.05) is 26.2 Å². The van der Waals surface area contributed by atoms with Crippen LogP contribution in [0.25, 0.3) is 0 Å². The van der Waals surface area contributed by atoms with Crippen molar-refractivity contribution in [1.82, 2.24) is 0 Å². The molecule has 2 atom stereocenters. The third-order valence-corrected chi connectivity index (χ3v) is 4.72. The van der Waals surface area contributed by atoms with Gasteiger partial charge in [0.2, 0.25) is 0 Å². The van der Waals surface area contributed by atoms with Gasteiger partial charge in [-0.25, -0.2) is 0 Å². The number of nitrogens with one attached hydrogen (secondary N) is 1. The minimum atomic E-state index is 0.203. The molecule has 0 radical (unpaired) electrons. The van der Waals surface area contributed by atoms with E-state index in [-0.39, 0.29) is 6.61 Å². The molecule has 1 aromatic carbocycles. The quantitative estimate of drug-likeness (QED) is 0.800. The zero-order valence-electron chi connectivity index (χ0n) is 13.5. The highest BCUT2D eigenvalue weighted by atomic mass is 16.3. The molecule has 3 nitrogen and oxygen atoms in total. The molecule has 0 heterocycles. The molecule has 2 rings (SSSR count). The summed E-state index contributed by atoms with van der Waals surface area (Å²) in [7, 11) is 0. The Balaban J connectivity index is 1.92. The summed E-state index contributed by atoms with van der Waals surface area (Å²) in [4.78, 5) is 2.19. The fourth-order valence-electron chi connectivity index (χ4n) is 3.39. The molecule has 2 unspecified atom stereocenters. The van der Waals surface area contributed by atoms with Crippen LogP contribution in [-0.2, 0) is 0 Å². The number of anilines is 2. The Kier molecular flexibility index (Phi) is 6.37. The Morgan fingerprint density at radius 3 is 2.57 bits per heavy atom. The lowest BCUT2D eigenvalue weighted by molar-refractivity contribution is 0.302. The van der Waals surface area contributed by atoms with Crippen molar-refractivity contribution in [3.8, 4) is 0 Å². The van der Waals surface area contributed by atoms with E-state index in [1.54, 1.807) is 0 Å². The predicted octanol–water partition coefficient (Wildman–Crippen LogP) is 3.89. The van der Waals surface area contributed by atoms with Crippen LogP contribution in [0.5, 0.6) is 0 Å². The van der Waals surface area contributed by atoms with Gasteiger partial charge < -0.3 is 15.3 Å². The van der Waals surface area contributed by atoms with E-state index < -0.39 is 0 Å². The minimum absolute atomic E-state index is 0.203. The number of aliphatic hydroxyl groups is 1. The first kappa shape index (κ1) is 16.2. The SMILES string of the molecule is CCC1CCCC(Nc2ccc(N(CC)CCO)cc2)C1. The van der Waals surface area contributed by atoms with Crippen LogP contribution in [0, 0.1) is 5.92 Å². The molecule has 0 spiro atoms. The Morgan fingerprint density at radius 2 is 1.95 bits per heavy atom. The molecule has 2 N–H and O–H groups in total. The van der Waals surface area contributed by atoms with Gasteiger partial charge in [-0.15, -0.1) is 0 Å². The average Bonchev–Trinajstić information content (AvgIpc) is 2.54. The van der Waals surface area contributed by atoms with Crippen molar-refractivity contribution in [3.05, 3.63) is 24.3 Å². The fraction of sp³-hybridized carbons (Fsp3) is 0.667. The number of nitrogens with zero attached hydrogens (tertiary/aromatic N) is 1. The van der Waals surface area contributed by atoms with Gasteiger partial charge >= 0.3 is 0 Å². The van der Waals surface area contributed by atoms with E-state index in [0.717, 1.165) is 12.5 Å². The summed E-state index contributed by atoms with van der Waals surface area (Å²) in [5.74, 6) is 0.899. The number of benzene rings is 1. The maximum absolute atomic E-state index is 9.09. The molecule has 118 valence electrons. The molecular weight excluding hydrogens is 260 g/mol. The van der Waals surface area contributed by atoms with E-state index in [1.807, 2.05) is 0 Å². The van der Waals surface area contributed by atoms with Gasteiger partial charge in [-0.05, 0) is 49.9 Å². The lowest BCUT2D eigenvalue weighted by atomic mass is 9.84. The van der Waals surface area contributed by atoms with Crippen LogP contribution in [-0.4, -0.2) is 30.8 Å². The summed E-state index contributed by atoms with van der Waals surface area (Å²) in [6.07, 6.45) is 6.67. The van der Waals surface area contributed by atoms with E-state index in [0.29, 0.717) is 12.6 Å². The fourth-order valence-corrected chi connectivity index (χ4v) is 3.39. The smallest absolute Gasteiger partial charge is 0.0606 e. The van der Waals surface area contributed by atoms with Crippen molar-refractivity contribution in [2.24, 2.45) is 5.92 Å². The van der Waals surface area contributed by atoms with Crippen LogP contribution >= 0.6 is 0 Å². The summed E-state index contributed by atoms with van der Waals surface area (Å²) < 4.78 is 0. The second-order valence-electron chi connectivity index (χ2n) is 6.13. The minimum Gasteiger partial charge on any atom is -0.395 e. The van der Waals surface area contributed by atoms with Gasteiger partial charge in [-0.3, -0.25) is 0 Å². The molecule has 0 aromatic heterocycles. The van der Waals surface area contributed by atoms with Crippen LogP contribution in [0.1, 0.15) is 46.0 Å². The summed E-state index contributed by atoms with van der Waals surface area (Å²) >= 11 is 0. The summed E-state index contributed by atoms with van der Waals surface area (Å²) in [6.45, 7) is 6.25. The molecule has 0 amide bonds. The Hall–Kier alpha value is -1.22. The molecule has 1 aliphatic carbocycles. The second kappa shape index (κ2) is 8.28. The number of hydrogen-bond acceptors (Lipinski definition) is 3. The number of aliphatic hydroxyl groups excluding tert-OH is 1. The van der Waals surface area contributed by atoms with Crippen LogP contribution in [0.3, 0.4) is 0 Å². The first-order valence-corrected chi connectivity index (χ1v) is 8.49. The molecule has 0 saturated heterocycles. The molecule has 0 aliphatic heterocycles. The largest absolute Gasteiger partial charge is 0.395 e. The van der Waals surface area contributed by atoms with Gasteiger partial charge in [0.25, 0.3) is 0 Å². The third-order valence-electron chi connectivity index (χ3n) is 4.72. The highest BCUT2D eigenvalue weighted by Crippen LogP contribution is 2.29. The summed E-state index contributed by atoms with van der Waals surface area (Å²) in [5.41, 5.74) is 2.41. The topological polar surface area (TPSA) is 35.5 Å². The van der Waals surface area contributed by atoms with Gasteiger partial charge in [0.05, 0.1) is 6.61 Å². The van der Waals surface area contributed by atoms with Crippen LogP contribution < -0.4 is 10.2 Å². The highest BCUT2D eigenvalue weighted by molar-refractivity contribution is 5.55. The monoisotopic (exact) mass is 290 g/mol. The Labute approximate surface area is 129 Å². The van der Waals surface area contributed by atoms with Crippen molar-refractivity contribution < 1.29 is 5.11 Å². The van der Waals surface area contributed by atoms with Crippen LogP contribution in [0.15, 0.2) is 24.3 Å². The van der Waals surface area contributed by atoms with E-state index in [1.165, 1.54) is 43.5 Å².